The Kier molecular flexibility index (Phi) is 6.73. The van der Waals surface area contributed by atoms with E-state index in [0.29, 0.717) is 30.0 Å². The molecule has 5 nitrogen and oxygen atoms in total. The number of ketones is 1. The summed E-state index contributed by atoms with van der Waals surface area (Å²) in [6.07, 6.45) is 0.611. The zero-order chi connectivity index (χ0) is 18.6. The molecule has 138 valence electrons. The number of rotatable bonds is 6. The molecule has 1 fully saturated rings. The van der Waals surface area contributed by atoms with Crippen LogP contribution in [0.4, 0.5) is 0 Å². The van der Waals surface area contributed by atoms with Crippen LogP contribution in [-0.4, -0.2) is 58.4 Å². The van der Waals surface area contributed by atoms with Crippen molar-refractivity contribution in [2.24, 2.45) is 5.92 Å². The van der Waals surface area contributed by atoms with Gasteiger partial charge in [0, 0.05) is 43.7 Å². The first-order chi connectivity index (χ1) is 11.8. The van der Waals surface area contributed by atoms with Crippen LogP contribution in [0.1, 0.15) is 50.0 Å². The van der Waals surface area contributed by atoms with E-state index in [2.05, 4.69) is 32.6 Å². The van der Waals surface area contributed by atoms with Crippen molar-refractivity contribution < 1.29 is 14.7 Å². The zero-order valence-corrected chi connectivity index (χ0v) is 15.7. The second kappa shape index (κ2) is 8.59. The van der Waals surface area contributed by atoms with Gasteiger partial charge in [0.05, 0.1) is 0 Å². The quantitative estimate of drug-likeness (QED) is 0.803. The van der Waals surface area contributed by atoms with Crippen molar-refractivity contribution in [3.8, 4) is 0 Å². The first-order valence-electron chi connectivity index (χ1n) is 9.08. The van der Waals surface area contributed by atoms with Gasteiger partial charge in [-0.2, -0.15) is 0 Å². The summed E-state index contributed by atoms with van der Waals surface area (Å²) in [5, 5.41) is 8.92. The number of piperazine rings is 1. The van der Waals surface area contributed by atoms with E-state index in [9.17, 15) is 9.59 Å². The van der Waals surface area contributed by atoms with Crippen molar-refractivity contribution in [3.05, 3.63) is 35.4 Å². The number of Topliss-reactive ketones (excluding diaryl/α,β-unsaturated/α-hetero) is 1. The van der Waals surface area contributed by atoms with Crippen LogP contribution < -0.4 is 0 Å². The highest BCUT2D eigenvalue weighted by Gasteiger charge is 2.31. The Labute approximate surface area is 150 Å². The Hall–Kier alpha value is -1.72. The van der Waals surface area contributed by atoms with Crippen molar-refractivity contribution in [1.82, 2.24) is 9.80 Å². The summed E-state index contributed by atoms with van der Waals surface area (Å²) in [6, 6.07) is 8.01. The number of aliphatic hydroxyl groups excluding tert-OH is 1. The molecule has 1 saturated heterocycles. The summed E-state index contributed by atoms with van der Waals surface area (Å²) in [5.41, 5.74) is 1.67. The molecular weight excluding hydrogens is 316 g/mol. The SMILES string of the molecule is CC(C)CC(=O)N1C[C@@H](C)N(Cc2ccc(C(=O)CO)cc2)[C@@H](C)C1. The Bertz CT molecular complexity index is 585. The van der Waals surface area contributed by atoms with Gasteiger partial charge in [-0.25, -0.2) is 0 Å². The van der Waals surface area contributed by atoms with Crippen LogP contribution in [0.2, 0.25) is 0 Å². The van der Waals surface area contributed by atoms with Gasteiger partial charge in [-0.3, -0.25) is 14.5 Å². The summed E-state index contributed by atoms with van der Waals surface area (Å²) in [6.45, 7) is 10.3. The molecule has 1 amide bonds. The van der Waals surface area contributed by atoms with Crippen molar-refractivity contribution in [1.29, 1.82) is 0 Å². The van der Waals surface area contributed by atoms with Crippen molar-refractivity contribution in [2.75, 3.05) is 19.7 Å². The van der Waals surface area contributed by atoms with Crippen molar-refractivity contribution in [2.45, 2.75) is 52.7 Å². The molecule has 25 heavy (non-hydrogen) atoms. The van der Waals surface area contributed by atoms with Crippen LogP contribution in [0.5, 0.6) is 0 Å². The highest BCUT2D eigenvalue weighted by Crippen LogP contribution is 2.20. The van der Waals surface area contributed by atoms with Gasteiger partial charge in [0.15, 0.2) is 5.78 Å². The van der Waals surface area contributed by atoms with E-state index < -0.39 is 6.61 Å². The molecule has 1 aromatic carbocycles. The molecule has 2 rings (SSSR count). The van der Waals surface area contributed by atoms with Gasteiger partial charge < -0.3 is 10.0 Å². The minimum atomic E-state index is -0.459. The van der Waals surface area contributed by atoms with Crippen LogP contribution in [0, 0.1) is 5.92 Å². The third-order valence-electron chi connectivity index (χ3n) is 4.82. The molecule has 0 aromatic heterocycles. The van der Waals surface area contributed by atoms with Crippen LogP contribution in [0.15, 0.2) is 24.3 Å². The number of nitrogens with zero attached hydrogens (tertiary/aromatic N) is 2. The Morgan fingerprint density at radius 3 is 2.16 bits per heavy atom. The highest BCUT2D eigenvalue weighted by atomic mass is 16.3. The number of carbonyl (C=O) groups is 2. The molecule has 1 aliphatic heterocycles. The lowest BCUT2D eigenvalue weighted by atomic mass is 10.0. The van der Waals surface area contributed by atoms with Crippen LogP contribution in [0.25, 0.3) is 0 Å². The maximum atomic E-state index is 12.3. The minimum Gasteiger partial charge on any atom is -0.388 e. The average molecular weight is 346 g/mol. The monoisotopic (exact) mass is 346 g/mol. The molecule has 1 aliphatic rings. The summed E-state index contributed by atoms with van der Waals surface area (Å²) in [4.78, 5) is 28.2. The smallest absolute Gasteiger partial charge is 0.222 e. The van der Waals surface area contributed by atoms with E-state index in [0.717, 1.165) is 25.2 Å². The number of benzene rings is 1. The third kappa shape index (κ3) is 5.13. The maximum absolute atomic E-state index is 12.3. The molecular formula is C20H30N2O3. The molecule has 1 heterocycles. The predicted molar refractivity (Wildman–Crippen MR) is 98.4 cm³/mol. The van der Waals surface area contributed by atoms with E-state index in [4.69, 9.17) is 5.11 Å². The molecule has 0 radical (unpaired) electrons. The number of aliphatic hydroxyl groups is 1. The van der Waals surface area contributed by atoms with E-state index in [1.54, 1.807) is 12.1 Å². The Morgan fingerprint density at radius 1 is 1.12 bits per heavy atom. The molecule has 5 heteroatoms. The van der Waals surface area contributed by atoms with E-state index in [1.165, 1.54) is 0 Å². The van der Waals surface area contributed by atoms with Gasteiger partial charge in [0.1, 0.15) is 6.61 Å². The normalized spacial score (nSPS) is 21.6. The lowest BCUT2D eigenvalue weighted by molar-refractivity contribution is -0.136. The number of hydrogen-bond acceptors (Lipinski definition) is 4. The van der Waals surface area contributed by atoms with Crippen LogP contribution >= 0.6 is 0 Å². The van der Waals surface area contributed by atoms with E-state index in [-0.39, 0.29) is 11.7 Å². The molecule has 0 bridgehead atoms. The minimum absolute atomic E-state index is 0.250. The molecule has 0 spiro atoms. The van der Waals surface area contributed by atoms with Gasteiger partial charge in [0.25, 0.3) is 0 Å². The second-order valence-corrected chi connectivity index (χ2v) is 7.55. The van der Waals surface area contributed by atoms with Crippen LogP contribution in [0.3, 0.4) is 0 Å². The lowest BCUT2D eigenvalue weighted by Crippen LogP contribution is -2.57. The van der Waals surface area contributed by atoms with Crippen molar-refractivity contribution >= 4 is 11.7 Å². The Balaban J connectivity index is 1.99. The fourth-order valence-corrected chi connectivity index (χ4v) is 3.45. The third-order valence-corrected chi connectivity index (χ3v) is 4.82. The standard InChI is InChI=1S/C20H30N2O3/c1-14(2)9-20(25)21-10-15(3)22(16(4)11-21)12-17-5-7-18(8-6-17)19(24)13-23/h5-8,14-16,23H,9-13H2,1-4H3/t15-,16+. The van der Waals surface area contributed by atoms with Gasteiger partial charge in [-0.1, -0.05) is 38.1 Å². The van der Waals surface area contributed by atoms with E-state index >= 15 is 0 Å². The van der Waals surface area contributed by atoms with Gasteiger partial charge in [-0.15, -0.1) is 0 Å². The molecule has 2 atom stereocenters. The summed E-state index contributed by atoms with van der Waals surface area (Å²) >= 11 is 0. The number of carbonyl (C=O) groups excluding carboxylic acids is 2. The summed E-state index contributed by atoms with van der Waals surface area (Å²) < 4.78 is 0. The average Bonchev–Trinajstić information content (AvgIpc) is 2.57. The highest BCUT2D eigenvalue weighted by molar-refractivity contribution is 5.96. The first kappa shape index (κ1) is 19.6. The van der Waals surface area contributed by atoms with E-state index in [1.807, 2.05) is 17.0 Å². The fourth-order valence-electron chi connectivity index (χ4n) is 3.45. The molecule has 1 aromatic rings. The summed E-state index contributed by atoms with van der Waals surface area (Å²) in [7, 11) is 0. The van der Waals surface area contributed by atoms with Crippen molar-refractivity contribution in [3.63, 3.8) is 0 Å². The topological polar surface area (TPSA) is 60.9 Å². The fraction of sp³-hybridized carbons (Fsp3) is 0.600. The molecule has 0 aliphatic carbocycles. The second-order valence-electron chi connectivity index (χ2n) is 7.55. The molecule has 1 N–H and O–H groups in total. The largest absolute Gasteiger partial charge is 0.388 e. The maximum Gasteiger partial charge on any atom is 0.222 e. The zero-order valence-electron chi connectivity index (χ0n) is 15.7. The number of amides is 1. The predicted octanol–water partition coefficient (Wildman–Crippen LogP) is 2.33. The van der Waals surface area contributed by atoms with Crippen LogP contribution in [-0.2, 0) is 11.3 Å². The van der Waals surface area contributed by atoms with Gasteiger partial charge in [0.2, 0.25) is 5.91 Å². The summed E-state index contributed by atoms with van der Waals surface area (Å²) in [5.74, 6) is 0.377. The number of hydrogen-bond donors (Lipinski definition) is 1. The first-order valence-corrected chi connectivity index (χ1v) is 9.08. The van der Waals surface area contributed by atoms with Gasteiger partial charge in [-0.05, 0) is 25.3 Å². The lowest BCUT2D eigenvalue weighted by Gasteiger charge is -2.44. The van der Waals surface area contributed by atoms with Gasteiger partial charge >= 0.3 is 0 Å². The molecule has 0 saturated carbocycles. The molecule has 0 unspecified atom stereocenters. The Morgan fingerprint density at radius 2 is 1.68 bits per heavy atom.